The zero-order valence-electron chi connectivity index (χ0n) is 10.1. The minimum absolute atomic E-state index is 0.312. The van der Waals surface area contributed by atoms with E-state index in [9.17, 15) is 9.59 Å². The number of esters is 1. The SMILES string of the molecule is COC(=O)[C@H](Cc1cnc[nH]1)NC(=O)N(C)C. The largest absolute Gasteiger partial charge is 0.467 e. The van der Waals surface area contributed by atoms with Crippen molar-refractivity contribution in [2.45, 2.75) is 12.5 Å². The summed E-state index contributed by atoms with van der Waals surface area (Å²) in [5.74, 6) is -0.491. The highest BCUT2D eigenvalue weighted by molar-refractivity contribution is 5.83. The molecular weight excluding hydrogens is 224 g/mol. The van der Waals surface area contributed by atoms with Crippen LogP contribution in [0.5, 0.6) is 0 Å². The van der Waals surface area contributed by atoms with Crippen molar-refractivity contribution in [1.82, 2.24) is 20.2 Å². The number of aromatic nitrogens is 2. The summed E-state index contributed by atoms with van der Waals surface area (Å²) in [4.78, 5) is 31.0. The third-order valence-electron chi connectivity index (χ3n) is 2.17. The number of rotatable bonds is 4. The molecule has 1 rings (SSSR count). The van der Waals surface area contributed by atoms with Crippen molar-refractivity contribution < 1.29 is 14.3 Å². The Morgan fingerprint density at radius 3 is 2.76 bits per heavy atom. The second-order valence-electron chi connectivity index (χ2n) is 3.70. The van der Waals surface area contributed by atoms with Crippen LogP contribution in [0.15, 0.2) is 12.5 Å². The molecule has 0 saturated carbocycles. The number of aromatic amines is 1. The second kappa shape index (κ2) is 5.88. The number of hydrogen-bond acceptors (Lipinski definition) is 4. The Morgan fingerprint density at radius 1 is 1.59 bits per heavy atom. The van der Waals surface area contributed by atoms with E-state index in [-0.39, 0.29) is 6.03 Å². The van der Waals surface area contributed by atoms with Crippen molar-refractivity contribution in [2.75, 3.05) is 21.2 Å². The summed E-state index contributed by atoms with van der Waals surface area (Å²) in [5.41, 5.74) is 0.749. The smallest absolute Gasteiger partial charge is 0.328 e. The molecule has 7 heteroatoms. The van der Waals surface area contributed by atoms with Crippen LogP contribution in [0.1, 0.15) is 5.69 Å². The van der Waals surface area contributed by atoms with Gasteiger partial charge in [0, 0.05) is 32.4 Å². The molecule has 2 amide bonds. The number of ether oxygens (including phenoxy) is 1. The van der Waals surface area contributed by atoms with Crippen LogP contribution in [0.3, 0.4) is 0 Å². The first-order chi connectivity index (χ1) is 8.04. The average Bonchev–Trinajstić information content (AvgIpc) is 2.79. The first kappa shape index (κ1) is 13.0. The number of imidazole rings is 1. The zero-order valence-corrected chi connectivity index (χ0v) is 10.1. The highest BCUT2D eigenvalue weighted by atomic mass is 16.5. The third-order valence-corrected chi connectivity index (χ3v) is 2.17. The number of urea groups is 1. The molecule has 7 nitrogen and oxygen atoms in total. The molecule has 0 unspecified atom stereocenters. The van der Waals surface area contributed by atoms with E-state index in [4.69, 9.17) is 0 Å². The lowest BCUT2D eigenvalue weighted by atomic mass is 10.1. The van der Waals surface area contributed by atoms with Gasteiger partial charge in [0.15, 0.2) is 0 Å². The van der Waals surface area contributed by atoms with E-state index in [1.54, 1.807) is 20.3 Å². The fourth-order valence-electron chi connectivity index (χ4n) is 1.23. The van der Waals surface area contributed by atoms with Gasteiger partial charge in [0.1, 0.15) is 6.04 Å². The predicted molar refractivity (Wildman–Crippen MR) is 60.3 cm³/mol. The molecule has 1 aromatic rings. The van der Waals surface area contributed by atoms with Crippen LogP contribution < -0.4 is 5.32 Å². The summed E-state index contributed by atoms with van der Waals surface area (Å²) in [5, 5.41) is 2.57. The minimum atomic E-state index is -0.727. The Hall–Kier alpha value is -2.05. The van der Waals surface area contributed by atoms with Crippen molar-refractivity contribution in [3.8, 4) is 0 Å². The van der Waals surface area contributed by atoms with Crippen molar-refractivity contribution >= 4 is 12.0 Å². The lowest BCUT2D eigenvalue weighted by Crippen LogP contribution is -2.47. The molecule has 1 atom stereocenters. The Kier molecular flexibility index (Phi) is 4.50. The van der Waals surface area contributed by atoms with Gasteiger partial charge in [-0.05, 0) is 0 Å². The lowest BCUT2D eigenvalue weighted by Gasteiger charge is -2.18. The molecule has 0 spiro atoms. The number of methoxy groups -OCH3 is 1. The van der Waals surface area contributed by atoms with Gasteiger partial charge in [0.2, 0.25) is 0 Å². The van der Waals surface area contributed by atoms with Crippen LogP contribution in [0.25, 0.3) is 0 Å². The highest BCUT2D eigenvalue weighted by Gasteiger charge is 2.23. The Morgan fingerprint density at radius 2 is 2.29 bits per heavy atom. The van der Waals surface area contributed by atoms with Gasteiger partial charge in [-0.1, -0.05) is 0 Å². The van der Waals surface area contributed by atoms with E-state index in [1.807, 2.05) is 0 Å². The minimum Gasteiger partial charge on any atom is -0.467 e. The quantitative estimate of drug-likeness (QED) is 0.711. The number of hydrogen-bond donors (Lipinski definition) is 2. The van der Waals surface area contributed by atoms with Crippen molar-refractivity contribution in [3.05, 3.63) is 18.2 Å². The summed E-state index contributed by atoms with van der Waals surface area (Å²) in [6.45, 7) is 0. The van der Waals surface area contributed by atoms with E-state index in [2.05, 4.69) is 20.0 Å². The van der Waals surface area contributed by atoms with Crippen LogP contribution in [-0.4, -0.2) is 54.1 Å². The van der Waals surface area contributed by atoms with E-state index in [0.717, 1.165) is 5.69 Å². The molecule has 94 valence electrons. The molecule has 2 N–H and O–H groups in total. The predicted octanol–water partition coefficient (Wildman–Crippen LogP) is -0.235. The van der Waals surface area contributed by atoms with Gasteiger partial charge in [-0.3, -0.25) is 0 Å². The number of carbonyl (C=O) groups excluding carboxylic acids is 2. The normalized spacial score (nSPS) is 11.7. The molecule has 1 aromatic heterocycles. The first-order valence-electron chi connectivity index (χ1n) is 5.07. The van der Waals surface area contributed by atoms with Crippen LogP contribution in [0, 0.1) is 0 Å². The van der Waals surface area contributed by atoms with Crippen LogP contribution >= 0.6 is 0 Å². The molecular formula is C10H16N4O3. The number of nitrogens with one attached hydrogen (secondary N) is 2. The maximum atomic E-state index is 11.5. The molecule has 0 aliphatic rings. The second-order valence-corrected chi connectivity index (χ2v) is 3.70. The Labute approximate surface area is 99.2 Å². The molecule has 0 saturated heterocycles. The van der Waals surface area contributed by atoms with Crippen LogP contribution in [0.4, 0.5) is 4.79 Å². The number of H-pyrrole nitrogens is 1. The third kappa shape index (κ3) is 3.78. The molecule has 0 aliphatic carbocycles. The van der Waals surface area contributed by atoms with E-state index in [0.29, 0.717) is 6.42 Å². The van der Waals surface area contributed by atoms with Crippen LogP contribution in [0.2, 0.25) is 0 Å². The van der Waals surface area contributed by atoms with Gasteiger partial charge in [-0.2, -0.15) is 0 Å². The summed E-state index contributed by atoms with van der Waals surface area (Å²) >= 11 is 0. The van der Waals surface area contributed by atoms with Gasteiger partial charge in [-0.25, -0.2) is 14.6 Å². The number of carbonyl (C=O) groups is 2. The fourth-order valence-corrected chi connectivity index (χ4v) is 1.23. The maximum Gasteiger partial charge on any atom is 0.328 e. The monoisotopic (exact) mass is 240 g/mol. The molecule has 0 radical (unpaired) electrons. The standard InChI is InChI=1S/C10H16N4O3/c1-14(2)10(16)13-8(9(15)17-3)4-7-5-11-6-12-7/h5-6,8H,4H2,1-3H3,(H,11,12)(H,13,16)/t8-/m0/s1. The maximum absolute atomic E-state index is 11.5. The summed E-state index contributed by atoms with van der Waals surface area (Å²) in [6, 6.07) is -1.07. The fraction of sp³-hybridized carbons (Fsp3) is 0.500. The molecule has 0 aliphatic heterocycles. The summed E-state index contributed by atoms with van der Waals surface area (Å²) in [6.07, 6.45) is 3.42. The van der Waals surface area contributed by atoms with Crippen LogP contribution in [-0.2, 0) is 16.0 Å². The van der Waals surface area contributed by atoms with Crippen molar-refractivity contribution in [2.24, 2.45) is 0 Å². The number of nitrogens with zero attached hydrogens (tertiary/aromatic N) is 2. The molecule has 0 bridgehead atoms. The van der Waals surface area contributed by atoms with Gasteiger partial charge in [0.25, 0.3) is 0 Å². The van der Waals surface area contributed by atoms with Gasteiger partial charge >= 0.3 is 12.0 Å². The van der Waals surface area contributed by atoms with Gasteiger partial charge < -0.3 is 19.9 Å². The molecule has 1 heterocycles. The highest BCUT2D eigenvalue weighted by Crippen LogP contribution is 2.01. The first-order valence-corrected chi connectivity index (χ1v) is 5.07. The summed E-state index contributed by atoms with van der Waals surface area (Å²) < 4.78 is 4.64. The van der Waals surface area contributed by atoms with Crippen molar-refractivity contribution in [1.29, 1.82) is 0 Å². The molecule has 17 heavy (non-hydrogen) atoms. The Bertz CT molecular complexity index is 375. The summed E-state index contributed by atoms with van der Waals surface area (Å²) in [7, 11) is 4.48. The Balaban J connectivity index is 2.67. The lowest BCUT2D eigenvalue weighted by molar-refractivity contribution is -0.142. The van der Waals surface area contributed by atoms with Gasteiger partial charge in [-0.15, -0.1) is 0 Å². The molecule has 0 fully saturated rings. The number of amides is 2. The van der Waals surface area contributed by atoms with Gasteiger partial charge in [0.05, 0.1) is 13.4 Å². The topological polar surface area (TPSA) is 87.3 Å². The molecule has 0 aromatic carbocycles. The zero-order chi connectivity index (χ0) is 12.8. The van der Waals surface area contributed by atoms with Crippen molar-refractivity contribution in [3.63, 3.8) is 0 Å². The van der Waals surface area contributed by atoms with E-state index < -0.39 is 12.0 Å². The average molecular weight is 240 g/mol. The van der Waals surface area contributed by atoms with E-state index >= 15 is 0 Å². The van der Waals surface area contributed by atoms with E-state index in [1.165, 1.54) is 18.3 Å².